The van der Waals surface area contributed by atoms with E-state index in [0.717, 1.165) is 31.1 Å². The van der Waals surface area contributed by atoms with Crippen molar-refractivity contribution in [1.29, 1.82) is 0 Å². The van der Waals surface area contributed by atoms with Crippen LogP contribution in [0.5, 0.6) is 0 Å². The highest BCUT2D eigenvalue weighted by atomic mass is 35.5. The van der Waals surface area contributed by atoms with Crippen LogP contribution in [0.25, 0.3) is 0 Å². The molecule has 156 valence electrons. The molecule has 0 aromatic carbocycles. The molecule has 0 bridgehead atoms. The van der Waals surface area contributed by atoms with Gasteiger partial charge < -0.3 is 15.2 Å². The van der Waals surface area contributed by atoms with Crippen LogP contribution in [0.15, 0.2) is 0 Å². The lowest BCUT2D eigenvalue weighted by atomic mass is 9.45. The maximum absolute atomic E-state index is 11.4. The Kier molecular flexibility index (Phi) is 5.94. The summed E-state index contributed by atoms with van der Waals surface area (Å²) >= 11 is 0. The van der Waals surface area contributed by atoms with Gasteiger partial charge in [-0.2, -0.15) is 0 Å². The van der Waals surface area contributed by atoms with Crippen molar-refractivity contribution >= 4 is 18.4 Å². The van der Waals surface area contributed by atoms with Crippen molar-refractivity contribution < 1.29 is 14.6 Å². The minimum atomic E-state index is -0.195. The number of rotatable bonds is 2. The Balaban J connectivity index is 0.00000210. The molecule has 4 aliphatic rings. The van der Waals surface area contributed by atoms with E-state index in [0.29, 0.717) is 17.3 Å². The predicted octanol–water partition coefficient (Wildman–Crippen LogP) is 3.94. The summed E-state index contributed by atoms with van der Waals surface area (Å²) < 4.78 is 5.57. The van der Waals surface area contributed by atoms with Crippen LogP contribution in [-0.2, 0) is 9.53 Å². The Morgan fingerprint density at radius 2 is 1.74 bits per heavy atom. The van der Waals surface area contributed by atoms with Crippen LogP contribution in [0.1, 0.15) is 72.1 Å². The van der Waals surface area contributed by atoms with Crippen molar-refractivity contribution in [3.05, 3.63) is 0 Å². The van der Waals surface area contributed by atoms with Gasteiger partial charge in [0.05, 0.1) is 6.10 Å². The quantitative estimate of drug-likeness (QED) is 0.690. The van der Waals surface area contributed by atoms with Gasteiger partial charge in [-0.1, -0.05) is 13.8 Å². The zero-order chi connectivity index (χ0) is 18.7. The Bertz CT molecular complexity index is 572. The van der Waals surface area contributed by atoms with Gasteiger partial charge in [0.15, 0.2) is 0 Å². The average molecular weight is 400 g/mol. The number of nitrogens with one attached hydrogen (secondary N) is 1. The first-order valence-corrected chi connectivity index (χ1v) is 10.8. The van der Waals surface area contributed by atoms with E-state index in [1.54, 1.807) is 0 Å². The second-order valence-corrected chi connectivity index (χ2v) is 10.3. The smallest absolute Gasteiger partial charge is 0.302 e. The topological polar surface area (TPSA) is 58.6 Å². The van der Waals surface area contributed by atoms with Crippen LogP contribution in [0, 0.1) is 34.5 Å². The first-order valence-electron chi connectivity index (χ1n) is 10.8. The van der Waals surface area contributed by atoms with Crippen molar-refractivity contribution in [2.75, 3.05) is 7.05 Å². The highest BCUT2D eigenvalue weighted by Crippen LogP contribution is 2.66. The zero-order valence-electron chi connectivity index (χ0n) is 17.4. The molecule has 27 heavy (non-hydrogen) atoms. The molecule has 0 saturated heterocycles. The Morgan fingerprint density at radius 1 is 1.04 bits per heavy atom. The monoisotopic (exact) mass is 399 g/mol. The van der Waals surface area contributed by atoms with Gasteiger partial charge in [-0.05, 0) is 92.9 Å². The number of aliphatic hydroxyl groups excluding tert-OH is 1. The van der Waals surface area contributed by atoms with Gasteiger partial charge in [0.25, 0.3) is 0 Å². The van der Waals surface area contributed by atoms with Gasteiger partial charge in [0, 0.05) is 13.0 Å². The number of hydrogen-bond donors (Lipinski definition) is 2. The molecule has 0 radical (unpaired) electrons. The molecular formula is C22H38ClNO3. The van der Waals surface area contributed by atoms with Gasteiger partial charge in [-0.15, -0.1) is 12.4 Å². The molecule has 0 heterocycles. The van der Waals surface area contributed by atoms with E-state index >= 15 is 0 Å². The average Bonchev–Trinajstić information content (AvgIpc) is 2.84. The zero-order valence-corrected chi connectivity index (χ0v) is 18.2. The van der Waals surface area contributed by atoms with Crippen LogP contribution >= 0.6 is 12.4 Å². The molecule has 4 aliphatic carbocycles. The van der Waals surface area contributed by atoms with E-state index in [9.17, 15) is 9.90 Å². The molecule has 4 rings (SSSR count). The van der Waals surface area contributed by atoms with Gasteiger partial charge in [-0.3, -0.25) is 4.79 Å². The van der Waals surface area contributed by atoms with Crippen molar-refractivity contribution in [1.82, 2.24) is 5.32 Å². The molecule has 2 N–H and O–H groups in total. The summed E-state index contributed by atoms with van der Waals surface area (Å²) in [6.45, 7) is 6.50. The molecule has 0 spiro atoms. The highest BCUT2D eigenvalue weighted by molar-refractivity contribution is 5.85. The summed E-state index contributed by atoms with van der Waals surface area (Å²) in [7, 11) is 2.02. The third-order valence-electron chi connectivity index (χ3n) is 9.29. The van der Waals surface area contributed by atoms with Gasteiger partial charge in [-0.25, -0.2) is 0 Å². The fourth-order valence-corrected chi connectivity index (χ4v) is 8.10. The van der Waals surface area contributed by atoms with E-state index in [-0.39, 0.29) is 42.0 Å². The molecule has 0 aliphatic heterocycles. The number of aliphatic hydroxyl groups is 1. The fraction of sp³-hybridized carbons (Fsp3) is 0.955. The molecule has 0 amide bonds. The Labute approximate surface area is 170 Å². The largest absolute Gasteiger partial charge is 0.463 e. The molecule has 4 nitrogen and oxygen atoms in total. The lowest BCUT2D eigenvalue weighted by molar-refractivity contribution is -0.159. The van der Waals surface area contributed by atoms with Crippen LogP contribution < -0.4 is 5.32 Å². The molecule has 4 unspecified atom stereocenters. The first kappa shape index (κ1) is 21.4. The molecule has 4 fully saturated rings. The third-order valence-corrected chi connectivity index (χ3v) is 9.29. The number of carbonyl (C=O) groups is 1. The maximum Gasteiger partial charge on any atom is 0.302 e. The number of hydrogen-bond acceptors (Lipinski definition) is 4. The summed E-state index contributed by atoms with van der Waals surface area (Å²) in [6, 6.07) is 0.249. The number of esters is 1. The summed E-state index contributed by atoms with van der Waals surface area (Å²) in [4.78, 5) is 11.4. The van der Waals surface area contributed by atoms with Crippen LogP contribution in [0.4, 0.5) is 0 Å². The van der Waals surface area contributed by atoms with E-state index in [4.69, 9.17) is 4.74 Å². The first-order chi connectivity index (χ1) is 12.3. The molecular weight excluding hydrogens is 362 g/mol. The van der Waals surface area contributed by atoms with Crippen LogP contribution in [0.3, 0.4) is 0 Å². The van der Waals surface area contributed by atoms with Crippen molar-refractivity contribution in [2.24, 2.45) is 34.5 Å². The second-order valence-electron chi connectivity index (χ2n) is 10.3. The number of fused-ring (bicyclic) bond motifs is 5. The number of ether oxygens (including phenoxy) is 1. The predicted molar refractivity (Wildman–Crippen MR) is 109 cm³/mol. The van der Waals surface area contributed by atoms with Crippen molar-refractivity contribution in [3.8, 4) is 0 Å². The van der Waals surface area contributed by atoms with Crippen molar-refractivity contribution in [3.63, 3.8) is 0 Å². The lowest BCUT2D eigenvalue weighted by Crippen LogP contribution is -2.56. The van der Waals surface area contributed by atoms with Crippen LogP contribution in [-0.4, -0.2) is 36.4 Å². The molecule has 9 atom stereocenters. The second kappa shape index (κ2) is 7.50. The molecule has 4 saturated carbocycles. The minimum absolute atomic E-state index is 0. The summed E-state index contributed by atoms with van der Waals surface area (Å²) in [5.74, 6) is 2.75. The Morgan fingerprint density at radius 3 is 2.41 bits per heavy atom. The van der Waals surface area contributed by atoms with Gasteiger partial charge in [0.1, 0.15) is 6.10 Å². The SMILES string of the molecule is CNC1C(O)C[C@H]2[C@@H]3CCC4CC(OC(C)=O)CC[C@]4(C)[C@@H]3CC[C@]12C.Cl. The maximum atomic E-state index is 11.4. The normalized spacial score (nSPS) is 51.4. The fourth-order valence-electron chi connectivity index (χ4n) is 8.10. The molecule has 0 aromatic heterocycles. The summed E-state index contributed by atoms with van der Waals surface area (Å²) in [5, 5.41) is 14.1. The third kappa shape index (κ3) is 3.24. The van der Waals surface area contributed by atoms with Gasteiger partial charge >= 0.3 is 5.97 Å². The number of likely N-dealkylation sites (N-methyl/N-ethyl adjacent to an activating group) is 1. The van der Waals surface area contributed by atoms with E-state index in [2.05, 4.69) is 19.2 Å². The Hall–Kier alpha value is -0.320. The van der Waals surface area contributed by atoms with Gasteiger partial charge in [0.2, 0.25) is 0 Å². The summed E-state index contributed by atoms with van der Waals surface area (Å²) in [5.41, 5.74) is 0.636. The number of carbonyl (C=O) groups excluding carboxylic acids is 1. The standard InChI is InChI=1S/C22H37NO3.ClH/c1-13(24)26-15-7-9-21(2)14(11-15)5-6-16-17(21)8-10-22(3)18(16)12-19(25)20(22)23-4;/h14-20,23,25H,5-12H2,1-4H3;1H/t14?,15?,16-,17-,18+,19?,20?,21+,22+;/m1./s1. The number of halogens is 1. The highest BCUT2D eigenvalue weighted by Gasteiger charge is 2.62. The van der Waals surface area contributed by atoms with Crippen molar-refractivity contribution in [2.45, 2.75) is 90.4 Å². The lowest BCUT2D eigenvalue weighted by Gasteiger charge is -2.61. The minimum Gasteiger partial charge on any atom is -0.463 e. The van der Waals surface area contributed by atoms with Crippen LogP contribution in [0.2, 0.25) is 0 Å². The molecule has 5 heteroatoms. The van der Waals surface area contributed by atoms with E-state index in [1.165, 1.54) is 39.0 Å². The van der Waals surface area contributed by atoms with E-state index < -0.39 is 0 Å². The summed E-state index contributed by atoms with van der Waals surface area (Å²) in [6.07, 6.45) is 9.28. The molecule has 0 aromatic rings. The van der Waals surface area contributed by atoms with E-state index in [1.807, 2.05) is 7.05 Å².